The molecule has 1 aliphatic carbocycles. The van der Waals surface area contributed by atoms with Crippen LogP contribution in [0, 0.1) is 12.8 Å². The maximum Gasteiger partial charge on any atom is 0.408 e. The van der Waals surface area contributed by atoms with E-state index in [4.69, 9.17) is 9.72 Å². The van der Waals surface area contributed by atoms with Crippen molar-refractivity contribution in [2.24, 2.45) is 5.92 Å². The molecule has 216 valence electrons. The number of amides is 1. The summed E-state index contributed by atoms with van der Waals surface area (Å²) in [5, 5.41) is 28.6. The molecule has 1 saturated carbocycles. The van der Waals surface area contributed by atoms with Gasteiger partial charge in [0.25, 0.3) is 0 Å². The minimum absolute atomic E-state index is 0.0527. The number of nitrogens with zero attached hydrogens (tertiary/aromatic N) is 4. The number of hydrogen-bond donors (Lipinski definition) is 3. The molecule has 0 spiro atoms. The van der Waals surface area contributed by atoms with Gasteiger partial charge in [0.2, 0.25) is 0 Å². The molecule has 3 N–H and O–H groups in total. The van der Waals surface area contributed by atoms with E-state index < -0.39 is 23.3 Å². The monoisotopic (exact) mass is 565 g/mol. The third kappa shape index (κ3) is 5.45. The quantitative estimate of drug-likeness (QED) is 0.244. The SMILES string of the molecule is Cc1cc2ncc3cc(-c4ccccc4)c(-c4ccc(C(NC(=O)OC(C)(C)C)C5CC(O)(CO)C5)cc4)nc3n2n1. The number of benzene rings is 2. The fourth-order valence-electron chi connectivity index (χ4n) is 5.75. The van der Waals surface area contributed by atoms with Gasteiger partial charge in [-0.3, -0.25) is 0 Å². The Kier molecular flexibility index (Phi) is 6.95. The van der Waals surface area contributed by atoms with Crippen molar-refractivity contribution >= 4 is 22.8 Å². The lowest BCUT2D eigenvalue weighted by atomic mass is 9.66. The minimum atomic E-state index is -1.12. The number of pyridine rings is 1. The van der Waals surface area contributed by atoms with Crippen molar-refractivity contribution in [3.8, 4) is 22.4 Å². The van der Waals surface area contributed by atoms with Crippen LogP contribution in [0.25, 0.3) is 39.1 Å². The van der Waals surface area contributed by atoms with Crippen LogP contribution in [0.2, 0.25) is 0 Å². The number of aliphatic hydroxyl groups excluding tert-OH is 1. The molecule has 6 rings (SSSR count). The summed E-state index contributed by atoms with van der Waals surface area (Å²) in [4.78, 5) is 22.5. The van der Waals surface area contributed by atoms with Crippen molar-refractivity contribution in [3.63, 3.8) is 0 Å². The third-order valence-electron chi connectivity index (χ3n) is 7.73. The molecular weight excluding hydrogens is 530 g/mol. The predicted molar refractivity (Wildman–Crippen MR) is 161 cm³/mol. The fraction of sp³-hybridized carbons (Fsp3) is 0.333. The first-order chi connectivity index (χ1) is 20.0. The van der Waals surface area contributed by atoms with Crippen LogP contribution in [0.5, 0.6) is 0 Å². The van der Waals surface area contributed by atoms with Gasteiger partial charge in [0, 0.05) is 28.8 Å². The average Bonchev–Trinajstić information content (AvgIpc) is 3.34. The Hall–Kier alpha value is -4.34. The van der Waals surface area contributed by atoms with Crippen LogP contribution in [0.3, 0.4) is 0 Å². The van der Waals surface area contributed by atoms with Crippen molar-refractivity contribution in [2.45, 2.75) is 57.8 Å². The molecule has 1 atom stereocenters. The lowest BCUT2D eigenvalue weighted by molar-refractivity contribution is -0.115. The van der Waals surface area contributed by atoms with Gasteiger partial charge in [0.1, 0.15) is 5.60 Å². The van der Waals surface area contributed by atoms with Gasteiger partial charge in [-0.25, -0.2) is 14.8 Å². The molecule has 9 heteroatoms. The number of carbonyl (C=O) groups is 1. The third-order valence-corrected chi connectivity index (χ3v) is 7.73. The largest absolute Gasteiger partial charge is 0.444 e. The number of aromatic nitrogens is 4. The number of aryl methyl sites for hydroxylation is 1. The number of ether oxygens (including phenoxy) is 1. The lowest BCUT2D eigenvalue weighted by Crippen LogP contribution is -2.52. The van der Waals surface area contributed by atoms with E-state index in [-0.39, 0.29) is 12.5 Å². The zero-order chi connectivity index (χ0) is 29.6. The summed E-state index contributed by atoms with van der Waals surface area (Å²) in [5.41, 5.74) is 5.14. The highest BCUT2D eigenvalue weighted by Gasteiger charge is 2.46. The van der Waals surface area contributed by atoms with Crippen molar-refractivity contribution < 1.29 is 19.7 Å². The van der Waals surface area contributed by atoms with Gasteiger partial charge in [-0.15, -0.1) is 0 Å². The molecule has 2 aromatic carbocycles. The molecule has 1 aliphatic rings. The van der Waals surface area contributed by atoms with Crippen LogP contribution < -0.4 is 5.32 Å². The van der Waals surface area contributed by atoms with Crippen LogP contribution in [-0.2, 0) is 4.74 Å². The topological polar surface area (TPSA) is 122 Å². The van der Waals surface area contributed by atoms with E-state index in [0.29, 0.717) is 18.5 Å². The van der Waals surface area contributed by atoms with Crippen molar-refractivity contribution in [1.82, 2.24) is 24.9 Å². The summed E-state index contributed by atoms with van der Waals surface area (Å²) >= 11 is 0. The maximum atomic E-state index is 12.8. The summed E-state index contributed by atoms with van der Waals surface area (Å²) in [6.45, 7) is 7.08. The van der Waals surface area contributed by atoms with Gasteiger partial charge in [-0.2, -0.15) is 9.61 Å². The Morgan fingerprint density at radius 2 is 1.81 bits per heavy atom. The number of fused-ring (bicyclic) bond motifs is 3. The number of carbonyl (C=O) groups excluding carboxylic acids is 1. The fourth-order valence-corrected chi connectivity index (χ4v) is 5.75. The Balaban J connectivity index is 1.41. The molecule has 3 aromatic heterocycles. The first-order valence-electron chi connectivity index (χ1n) is 14.2. The van der Waals surface area contributed by atoms with Gasteiger partial charge in [-0.1, -0.05) is 54.6 Å². The molecule has 1 unspecified atom stereocenters. The summed E-state index contributed by atoms with van der Waals surface area (Å²) in [5.74, 6) is -0.0527. The Morgan fingerprint density at radius 3 is 2.48 bits per heavy atom. The number of hydrogen-bond acceptors (Lipinski definition) is 7. The second-order valence-corrected chi connectivity index (χ2v) is 12.3. The van der Waals surface area contributed by atoms with E-state index >= 15 is 0 Å². The van der Waals surface area contributed by atoms with Crippen molar-refractivity contribution in [3.05, 3.63) is 84.2 Å². The highest BCUT2D eigenvalue weighted by Crippen LogP contribution is 2.45. The molecule has 0 bridgehead atoms. The van der Waals surface area contributed by atoms with E-state index in [2.05, 4.69) is 33.6 Å². The van der Waals surface area contributed by atoms with Crippen LogP contribution in [0.4, 0.5) is 4.79 Å². The predicted octanol–water partition coefficient (Wildman–Crippen LogP) is 5.62. The number of aliphatic hydroxyl groups is 2. The van der Waals surface area contributed by atoms with Crippen molar-refractivity contribution in [2.75, 3.05) is 6.61 Å². The zero-order valence-electron chi connectivity index (χ0n) is 24.2. The van der Waals surface area contributed by atoms with E-state index in [1.807, 2.05) is 82.4 Å². The standard InChI is InChI=1S/C33H35N5O4/c1-20-14-27-34-18-24-15-26(21-8-6-5-7-9-21)29(35-30(24)38(27)37-20)23-12-10-22(11-13-23)28(25-16-33(41,17-25)19-39)36-31(40)42-32(2,3)4/h5-15,18,25,28,39,41H,16-17,19H2,1-4H3,(H,36,40). The molecule has 3 heterocycles. The second-order valence-electron chi connectivity index (χ2n) is 12.3. The minimum Gasteiger partial charge on any atom is -0.444 e. The molecule has 0 saturated heterocycles. The van der Waals surface area contributed by atoms with Gasteiger partial charge in [0.15, 0.2) is 11.3 Å². The van der Waals surface area contributed by atoms with Crippen LogP contribution in [0.15, 0.2) is 72.9 Å². The van der Waals surface area contributed by atoms with Gasteiger partial charge < -0.3 is 20.3 Å². The molecule has 9 nitrogen and oxygen atoms in total. The van der Waals surface area contributed by atoms with Crippen molar-refractivity contribution in [1.29, 1.82) is 0 Å². The van der Waals surface area contributed by atoms with Gasteiger partial charge >= 0.3 is 6.09 Å². The van der Waals surface area contributed by atoms with Crippen LogP contribution in [0.1, 0.15) is 50.9 Å². The summed E-state index contributed by atoms with van der Waals surface area (Å²) in [6.07, 6.45) is 2.06. The number of alkyl carbamates (subject to hydrolysis) is 1. The molecular formula is C33H35N5O4. The molecule has 1 amide bonds. The van der Waals surface area contributed by atoms with E-state index in [0.717, 1.165) is 44.7 Å². The Labute approximate surface area is 244 Å². The Bertz CT molecular complexity index is 1750. The normalized spacial score (nSPS) is 19.4. The molecule has 0 aliphatic heterocycles. The smallest absolute Gasteiger partial charge is 0.408 e. The molecule has 1 fully saturated rings. The van der Waals surface area contributed by atoms with E-state index in [1.165, 1.54) is 0 Å². The van der Waals surface area contributed by atoms with E-state index in [1.54, 1.807) is 4.52 Å². The first kappa shape index (κ1) is 27.8. The lowest BCUT2D eigenvalue weighted by Gasteiger charge is -2.46. The van der Waals surface area contributed by atoms with E-state index in [9.17, 15) is 15.0 Å². The number of nitrogens with one attached hydrogen (secondary N) is 1. The number of rotatable bonds is 6. The van der Waals surface area contributed by atoms with Gasteiger partial charge in [0.05, 0.1) is 29.6 Å². The summed E-state index contributed by atoms with van der Waals surface area (Å²) in [6, 6.07) is 21.7. The highest BCUT2D eigenvalue weighted by molar-refractivity contribution is 5.90. The summed E-state index contributed by atoms with van der Waals surface area (Å²) in [7, 11) is 0. The Morgan fingerprint density at radius 1 is 1.10 bits per heavy atom. The highest BCUT2D eigenvalue weighted by atomic mass is 16.6. The zero-order valence-corrected chi connectivity index (χ0v) is 24.2. The molecule has 0 radical (unpaired) electrons. The summed E-state index contributed by atoms with van der Waals surface area (Å²) < 4.78 is 7.31. The van der Waals surface area contributed by atoms with Crippen LogP contribution in [-0.4, -0.2) is 53.7 Å². The van der Waals surface area contributed by atoms with Gasteiger partial charge in [-0.05, 0) is 63.6 Å². The first-order valence-corrected chi connectivity index (χ1v) is 14.2. The maximum absolute atomic E-state index is 12.8. The average molecular weight is 566 g/mol. The molecule has 42 heavy (non-hydrogen) atoms. The molecule has 5 aromatic rings. The second kappa shape index (κ2) is 10.5. The van der Waals surface area contributed by atoms with Crippen LogP contribution >= 0.6 is 0 Å².